The predicted octanol–water partition coefficient (Wildman–Crippen LogP) is 2.70. The maximum atomic E-state index is 11.2. The van der Waals surface area contributed by atoms with E-state index < -0.39 is 0 Å². The average molecular weight is 184 g/mol. The molecule has 1 heterocycles. The third kappa shape index (κ3) is 2.74. The Labute approximate surface area is 76.3 Å². The van der Waals surface area contributed by atoms with Crippen LogP contribution in [0.15, 0.2) is 22.8 Å². The van der Waals surface area contributed by atoms with Crippen molar-refractivity contribution in [1.82, 2.24) is 0 Å². The fourth-order valence-corrected chi connectivity index (χ4v) is 1.49. The molecule has 0 spiro atoms. The van der Waals surface area contributed by atoms with Gasteiger partial charge in [0.15, 0.2) is 5.12 Å². The highest BCUT2D eigenvalue weighted by molar-refractivity contribution is 8.13. The lowest BCUT2D eigenvalue weighted by Gasteiger charge is -2.00. The molecule has 0 saturated heterocycles. The molecule has 66 valence electrons. The van der Waals surface area contributed by atoms with Crippen molar-refractivity contribution in [3.63, 3.8) is 0 Å². The van der Waals surface area contributed by atoms with Gasteiger partial charge < -0.3 is 4.42 Å². The van der Waals surface area contributed by atoms with Crippen LogP contribution in [0.1, 0.15) is 19.6 Å². The lowest BCUT2D eigenvalue weighted by molar-refractivity contribution is -0.113. The lowest BCUT2D eigenvalue weighted by atomic mass is 10.3. The van der Waals surface area contributed by atoms with E-state index in [1.165, 1.54) is 11.8 Å². The molecule has 12 heavy (non-hydrogen) atoms. The summed E-state index contributed by atoms with van der Waals surface area (Å²) in [4.78, 5) is 11.2. The summed E-state index contributed by atoms with van der Waals surface area (Å²) in [6.45, 7) is 3.80. The largest absolute Gasteiger partial charge is 0.468 e. The predicted molar refractivity (Wildman–Crippen MR) is 49.8 cm³/mol. The van der Waals surface area contributed by atoms with Crippen molar-refractivity contribution in [2.45, 2.75) is 19.6 Å². The standard InChI is InChI=1S/C9H12O2S/c1-7(2)9(10)12-6-8-4-3-5-11-8/h3-5,7H,6H2,1-2H3. The topological polar surface area (TPSA) is 30.2 Å². The first-order valence-electron chi connectivity index (χ1n) is 3.89. The first-order valence-corrected chi connectivity index (χ1v) is 4.87. The molecule has 0 unspecified atom stereocenters. The van der Waals surface area contributed by atoms with Crippen molar-refractivity contribution in [3.8, 4) is 0 Å². The smallest absolute Gasteiger partial charge is 0.191 e. The number of carbonyl (C=O) groups excluding carboxylic acids is 1. The molecule has 2 nitrogen and oxygen atoms in total. The zero-order chi connectivity index (χ0) is 8.97. The molecule has 0 radical (unpaired) electrons. The Balaban J connectivity index is 2.32. The summed E-state index contributed by atoms with van der Waals surface area (Å²) in [5.41, 5.74) is 0. The minimum Gasteiger partial charge on any atom is -0.468 e. The highest BCUT2D eigenvalue weighted by atomic mass is 32.2. The summed E-state index contributed by atoms with van der Waals surface area (Å²) in [6.07, 6.45) is 1.62. The van der Waals surface area contributed by atoms with E-state index in [9.17, 15) is 4.79 Å². The van der Waals surface area contributed by atoms with Gasteiger partial charge in [0.1, 0.15) is 5.76 Å². The van der Waals surface area contributed by atoms with Crippen LogP contribution in [0.25, 0.3) is 0 Å². The van der Waals surface area contributed by atoms with Crippen molar-refractivity contribution in [2.24, 2.45) is 5.92 Å². The van der Waals surface area contributed by atoms with Crippen LogP contribution in [0.5, 0.6) is 0 Å². The summed E-state index contributed by atoms with van der Waals surface area (Å²) in [5, 5.41) is 0.214. The number of rotatable bonds is 3. The van der Waals surface area contributed by atoms with Gasteiger partial charge in [0, 0.05) is 5.92 Å². The van der Waals surface area contributed by atoms with Crippen LogP contribution in [-0.4, -0.2) is 5.12 Å². The molecule has 0 amide bonds. The Bertz CT molecular complexity index is 239. The van der Waals surface area contributed by atoms with Crippen molar-refractivity contribution < 1.29 is 9.21 Å². The van der Waals surface area contributed by atoms with Gasteiger partial charge in [0.2, 0.25) is 0 Å². The van der Waals surface area contributed by atoms with E-state index in [0.29, 0.717) is 5.75 Å². The number of furan rings is 1. The zero-order valence-corrected chi connectivity index (χ0v) is 8.06. The van der Waals surface area contributed by atoms with Crippen molar-refractivity contribution in [3.05, 3.63) is 24.2 Å². The van der Waals surface area contributed by atoms with Gasteiger partial charge in [-0.1, -0.05) is 25.6 Å². The average Bonchev–Trinajstić information content (AvgIpc) is 2.51. The molecule has 0 aromatic carbocycles. The van der Waals surface area contributed by atoms with Crippen molar-refractivity contribution in [1.29, 1.82) is 0 Å². The second-order valence-corrected chi connectivity index (χ2v) is 3.82. The molecule has 0 fully saturated rings. The molecule has 0 aliphatic heterocycles. The van der Waals surface area contributed by atoms with E-state index in [0.717, 1.165) is 5.76 Å². The summed E-state index contributed by atoms with van der Waals surface area (Å²) in [5.74, 6) is 1.60. The molecule has 1 rings (SSSR count). The number of hydrogen-bond acceptors (Lipinski definition) is 3. The van der Waals surface area contributed by atoms with Gasteiger partial charge in [-0.25, -0.2) is 0 Å². The fraction of sp³-hybridized carbons (Fsp3) is 0.444. The minimum absolute atomic E-state index is 0.102. The zero-order valence-electron chi connectivity index (χ0n) is 7.24. The van der Waals surface area contributed by atoms with E-state index in [1.807, 2.05) is 26.0 Å². The van der Waals surface area contributed by atoms with Gasteiger partial charge in [0.25, 0.3) is 0 Å². The molecule has 0 saturated carbocycles. The molecule has 0 atom stereocenters. The second kappa shape index (κ2) is 4.36. The Hall–Kier alpha value is -0.700. The molecular weight excluding hydrogens is 172 g/mol. The van der Waals surface area contributed by atoms with Gasteiger partial charge in [-0.3, -0.25) is 4.79 Å². The first-order chi connectivity index (χ1) is 5.70. The Kier molecular flexibility index (Phi) is 3.41. The minimum atomic E-state index is 0.102. The number of thioether (sulfide) groups is 1. The van der Waals surface area contributed by atoms with E-state index in [2.05, 4.69) is 0 Å². The van der Waals surface area contributed by atoms with Crippen LogP contribution in [-0.2, 0) is 10.5 Å². The maximum Gasteiger partial charge on any atom is 0.191 e. The molecule has 3 heteroatoms. The molecule has 0 N–H and O–H groups in total. The van der Waals surface area contributed by atoms with E-state index >= 15 is 0 Å². The third-order valence-corrected chi connectivity index (χ3v) is 2.59. The molecular formula is C9H12O2S. The van der Waals surface area contributed by atoms with Crippen LogP contribution >= 0.6 is 11.8 Å². The van der Waals surface area contributed by atoms with Crippen LogP contribution < -0.4 is 0 Å². The van der Waals surface area contributed by atoms with Gasteiger partial charge in [0.05, 0.1) is 12.0 Å². The fourth-order valence-electron chi connectivity index (χ4n) is 0.704. The summed E-state index contributed by atoms with van der Waals surface area (Å²) < 4.78 is 5.09. The van der Waals surface area contributed by atoms with Crippen molar-refractivity contribution in [2.75, 3.05) is 0 Å². The summed E-state index contributed by atoms with van der Waals surface area (Å²) in [6, 6.07) is 3.70. The van der Waals surface area contributed by atoms with Gasteiger partial charge in [-0.05, 0) is 12.1 Å². The third-order valence-electron chi connectivity index (χ3n) is 1.41. The van der Waals surface area contributed by atoms with E-state index in [1.54, 1.807) is 6.26 Å². The van der Waals surface area contributed by atoms with Crippen LogP contribution in [0.4, 0.5) is 0 Å². The molecule has 1 aromatic rings. The normalized spacial score (nSPS) is 10.6. The van der Waals surface area contributed by atoms with Gasteiger partial charge in [-0.15, -0.1) is 0 Å². The molecule has 0 bridgehead atoms. The highest BCUT2D eigenvalue weighted by Gasteiger charge is 2.08. The van der Waals surface area contributed by atoms with E-state index in [-0.39, 0.29) is 11.0 Å². The quantitative estimate of drug-likeness (QED) is 0.723. The molecule has 0 aliphatic rings. The Morgan fingerprint density at radius 2 is 2.42 bits per heavy atom. The number of hydrogen-bond donors (Lipinski definition) is 0. The molecule has 0 aliphatic carbocycles. The Morgan fingerprint density at radius 3 is 2.92 bits per heavy atom. The second-order valence-electron chi connectivity index (χ2n) is 2.84. The Morgan fingerprint density at radius 1 is 1.67 bits per heavy atom. The first kappa shape index (κ1) is 9.39. The monoisotopic (exact) mass is 184 g/mol. The van der Waals surface area contributed by atoms with Crippen molar-refractivity contribution >= 4 is 16.9 Å². The van der Waals surface area contributed by atoms with Crippen LogP contribution in [0.3, 0.4) is 0 Å². The molecule has 1 aromatic heterocycles. The van der Waals surface area contributed by atoms with Crippen LogP contribution in [0.2, 0.25) is 0 Å². The lowest BCUT2D eigenvalue weighted by Crippen LogP contribution is -2.01. The van der Waals surface area contributed by atoms with Crippen LogP contribution in [0, 0.1) is 5.92 Å². The maximum absolute atomic E-state index is 11.2. The van der Waals surface area contributed by atoms with Gasteiger partial charge >= 0.3 is 0 Å². The van der Waals surface area contributed by atoms with E-state index in [4.69, 9.17) is 4.42 Å². The van der Waals surface area contributed by atoms with Gasteiger partial charge in [-0.2, -0.15) is 0 Å². The highest BCUT2D eigenvalue weighted by Crippen LogP contribution is 2.16. The number of carbonyl (C=O) groups is 1. The summed E-state index contributed by atoms with van der Waals surface area (Å²) in [7, 11) is 0. The summed E-state index contributed by atoms with van der Waals surface area (Å²) >= 11 is 1.31. The SMILES string of the molecule is CC(C)C(=O)SCc1ccco1.